The molecule has 3 nitrogen and oxygen atoms in total. The van der Waals surface area contributed by atoms with Crippen LogP contribution in [0.2, 0.25) is 0 Å². The van der Waals surface area contributed by atoms with Crippen LogP contribution in [-0.4, -0.2) is 28.1 Å². The Balaban J connectivity index is 1.85. The molecule has 0 radical (unpaired) electrons. The predicted molar refractivity (Wildman–Crippen MR) is 76.9 cm³/mol. The Morgan fingerprint density at radius 1 is 1.47 bits per heavy atom. The molecule has 102 valence electrons. The van der Waals surface area contributed by atoms with Crippen LogP contribution in [-0.2, 0) is 4.79 Å². The first-order valence-electron chi connectivity index (χ1n) is 6.83. The van der Waals surface area contributed by atoms with E-state index in [1.807, 2.05) is 12.1 Å². The number of rotatable bonds is 3. The maximum Gasteiger partial charge on any atom is 0.308 e. The molecule has 0 aliphatic carbocycles. The summed E-state index contributed by atoms with van der Waals surface area (Å²) in [6.07, 6.45) is 2.99. The summed E-state index contributed by atoms with van der Waals surface area (Å²) in [6, 6.07) is 9.29. The SMILES string of the molecule is CC(c1cccc(Br)c1)N1C2CCC1C(C(=O)O)C2. The molecule has 1 N–H and O–H groups in total. The molecule has 0 amide bonds. The summed E-state index contributed by atoms with van der Waals surface area (Å²) in [7, 11) is 0. The van der Waals surface area contributed by atoms with Crippen LogP contribution < -0.4 is 0 Å². The van der Waals surface area contributed by atoms with E-state index in [1.165, 1.54) is 5.56 Å². The number of carboxylic acid groups (broad SMARTS) is 1. The van der Waals surface area contributed by atoms with Gasteiger partial charge in [-0.3, -0.25) is 9.69 Å². The fraction of sp³-hybridized carbons (Fsp3) is 0.533. The number of halogens is 1. The molecule has 2 bridgehead atoms. The van der Waals surface area contributed by atoms with Gasteiger partial charge >= 0.3 is 5.97 Å². The number of carboxylic acids is 1. The van der Waals surface area contributed by atoms with Crippen LogP contribution in [0.5, 0.6) is 0 Å². The third-order valence-corrected chi connectivity index (χ3v) is 5.18. The summed E-state index contributed by atoms with van der Waals surface area (Å²) in [5, 5.41) is 9.32. The second-order valence-electron chi connectivity index (χ2n) is 5.66. The number of fused-ring (bicyclic) bond motifs is 2. The maximum absolute atomic E-state index is 11.3. The lowest BCUT2D eigenvalue weighted by atomic mass is 9.89. The highest BCUT2D eigenvalue weighted by Gasteiger charge is 2.50. The Morgan fingerprint density at radius 2 is 2.26 bits per heavy atom. The van der Waals surface area contributed by atoms with Gasteiger partial charge < -0.3 is 5.11 Å². The van der Waals surface area contributed by atoms with Crippen molar-refractivity contribution in [2.75, 3.05) is 0 Å². The summed E-state index contributed by atoms with van der Waals surface area (Å²) in [6.45, 7) is 2.19. The lowest BCUT2D eigenvalue weighted by Crippen LogP contribution is -2.34. The lowest BCUT2D eigenvalue weighted by Gasteiger charge is -2.30. The van der Waals surface area contributed by atoms with E-state index < -0.39 is 5.97 Å². The maximum atomic E-state index is 11.3. The summed E-state index contributed by atoms with van der Waals surface area (Å²) in [5.74, 6) is -0.799. The van der Waals surface area contributed by atoms with E-state index in [0.29, 0.717) is 12.1 Å². The summed E-state index contributed by atoms with van der Waals surface area (Å²) >= 11 is 3.51. The van der Waals surface area contributed by atoms with Gasteiger partial charge in [0.1, 0.15) is 0 Å². The van der Waals surface area contributed by atoms with Gasteiger partial charge in [0.15, 0.2) is 0 Å². The lowest BCUT2D eigenvalue weighted by molar-refractivity contribution is -0.142. The molecule has 19 heavy (non-hydrogen) atoms. The third kappa shape index (κ3) is 2.21. The summed E-state index contributed by atoms with van der Waals surface area (Å²) in [5.41, 5.74) is 1.26. The smallest absolute Gasteiger partial charge is 0.308 e. The molecule has 0 saturated carbocycles. The van der Waals surface area contributed by atoms with E-state index in [0.717, 1.165) is 23.7 Å². The molecular weight excluding hydrogens is 306 g/mol. The second kappa shape index (κ2) is 4.91. The molecule has 0 spiro atoms. The van der Waals surface area contributed by atoms with Gasteiger partial charge in [0, 0.05) is 22.6 Å². The van der Waals surface area contributed by atoms with E-state index in [2.05, 4.69) is 39.9 Å². The minimum absolute atomic E-state index is 0.173. The van der Waals surface area contributed by atoms with E-state index in [-0.39, 0.29) is 12.0 Å². The Kier molecular flexibility index (Phi) is 3.39. The van der Waals surface area contributed by atoms with Gasteiger partial charge in [-0.1, -0.05) is 28.1 Å². The molecule has 1 aromatic rings. The van der Waals surface area contributed by atoms with Crippen molar-refractivity contribution in [1.82, 2.24) is 4.90 Å². The van der Waals surface area contributed by atoms with Crippen molar-refractivity contribution in [1.29, 1.82) is 0 Å². The molecule has 2 aliphatic rings. The van der Waals surface area contributed by atoms with E-state index in [4.69, 9.17) is 0 Å². The molecule has 4 unspecified atom stereocenters. The normalized spacial score (nSPS) is 31.6. The number of carbonyl (C=O) groups is 1. The second-order valence-corrected chi connectivity index (χ2v) is 6.57. The monoisotopic (exact) mass is 323 g/mol. The average molecular weight is 324 g/mol. The quantitative estimate of drug-likeness (QED) is 0.926. The zero-order valence-electron chi connectivity index (χ0n) is 10.9. The van der Waals surface area contributed by atoms with E-state index in [1.54, 1.807) is 0 Å². The molecule has 2 fully saturated rings. The molecule has 4 heteroatoms. The fourth-order valence-electron chi connectivity index (χ4n) is 3.84. The van der Waals surface area contributed by atoms with Crippen molar-refractivity contribution < 1.29 is 9.90 Å². The first-order valence-corrected chi connectivity index (χ1v) is 7.63. The third-order valence-electron chi connectivity index (χ3n) is 4.69. The van der Waals surface area contributed by atoms with Crippen LogP contribution in [0.4, 0.5) is 0 Å². The van der Waals surface area contributed by atoms with Gasteiger partial charge in [0.25, 0.3) is 0 Å². The molecular formula is C15H18BrNO2. The highest BCUT2D eigenvalue weighted by molar-refractivity contribution is 9.10. The highest BCUT2D eigenvalue weighted by atomic mass is 79.9. The summed E-state index contributed by atoms with van der Waals surface area (Å²) < 4.78 is 1.08. The minimum Gasteiger partial charge on any atom is -0.481 e. The highest BCUT2D eigenvalue weighted by Crippen LogP contribution is 2.46. The van der Waals surface area contributed by atoms with Crippen LogP contribution in [0.3, 0.4) is 0 Å². The molecule has 2 aliphatic heterocycles. The van der Waals surface area contributed by atoms with Crippen molar-refractivity contribution >= 4 is 21.9 Å². The van der Waals surface area contributed by atoms with Crippen LogP contribution >= 0.6 is 15.9 Å². The van der Waals surface area contributed by atoms with Gasteiger partial charge in [0.2, 0.25) is 0 Å². The predicted octanol–water partition coefficient (Wildman–Crippen LogP) is 3.45. The number of aliphatic carboxylic acids is 1. The largest absolute Gasteiger partial charge is 0.481 e. The summed E-state index contributed by atoms with van der Waals surface area (Å²) in [4.78, 5) is 13.7. The van der Waals surface area contributed by atoms with E-state index >= 15 is 0 Å². The van der Waals surface area contributed by atoms with E-state index in [9.17, 15) is 9.90 Å². The Bertz CT molecular complexity index is 505. The fourth-order valence-corrected chi connectivity index (χ4v) is 4.26. The van der Waals surface area contributed by atoms with Crippen LogP contribution in [0.25, 0.3) is 0 Å². The zero-order valence-corrected chi connectivity index (χ0v) is 12.5. The molecule has 1 aromatic carbocycles. The van der Waals surface area contributed by atoms with Gasteiger partial charge in [-0.15, -0.1) is 0 Å². The van der Waals surface area contributed by atoms with Crippen molar-refractivity contribution in [3.8, 4) is 0 Å². The molecule has 3 rings (SSSR count). The molecule has 0 aromatic heterocycles. The van der Waals surface area contributed by atoms with Crippen LogP contribution in [0, 0.1) is 5.92 Å². The van der Waals surface area contributed by atoms with Gasteiger partial charge in [0.05, 0.1) is 5.92 Å². The van der Waals surface area contributed by atoms with Crippen molar-refractivity contribution in [2.45, 2.75) is 44.3 Å². The zero-order chi connectivity index (χ0) is 13.6. The molecule has 2 saturated heterocycles. The van der Waals surface area contributed by atoms with Crippen molar-refractivity contribution in [3.05, 3.63) is 34.3 Å². The standard InChI is InChI=1S/C15H18BrNO2/c1-9(10-3-2-4-11(16)7-10)17-12-5-6-14(17)13(8-12)15(18)19/h2-4,7,9,12-14H,5-6,8H2,1H3,(H,18,19). The Labute approximate surface area is 121 Å². The topological polar surface area (TPSA) is 40.5 Å². The van der Waals surface area contributed by atoms with Gasteiger partial charge in [-0.25, -0.2) is 0 Å². The number of hydrogen-bond donors (Lipinski definition) is 1. The molecule has 4 atom stereocenters. The van der Waals surface area contributed by atoms with Crippen molar-refractivity contribution in [2.24, 2.45) is 5.92 Å². The van der Waals surface area contributed by atoms with Crippen LogP contribution in [0.1, 0.15) is 37.8 Å². The molecule has 2 heterocycles. The van der Waals surface area contributed by atoms with Crippen LogP contribution in [0.15, 0.2) is 28.7 Å². The Morgan fingerprint density at radius 3 is 2.89 bits per heavy atom. The first kappa shape index (κ1) is 13.1. The van der Waals surface area contributed by atoms with Crippen molar-refractivity contribution in [3.63, 3.8) is 0 Å². The number of hydrogen-bond acceptors (Lipinski definition) is 2. The first-order chi connectivity index (χ1) is 9.08. The number of nitrogens with zero attached hydrogens (tertiary/aromatic N) is 1. The van der Waals surface area contributed by atoms with Gasteiger partial charge in [-0.2, -0.15) is 0 Å². The number of benzene rings is 1. The Hall–Kier alpha value is -0.870. The van der Waals surface area contributed by atoms with Gasteiger partial charge in [-0.05, 0) is 43.9 Å². The minimum atomic E-state index is -0.626. The average Bonchev–Trinajstić information content (AvgIpc) is 2.95.